The number of esters is 1. The van der Waals surface area contributed by atoms with Gasteiger partial charge in [-0.2, -0.15) is 0 Å². The second-order valence-corrected chi connectivity index (χ2v) is 9.10. The molecule has 2 heterocycles. The molecule has 3 rings (SSSR count). The first-order valence-corrected chi connectivity index (χ1v) is 10.3. The van der Waals surface area contributed by atoms with E-state index in [-0.39, 0.29) is 17.1 Å². The molecule has 0 fully saturated rings. The number of benzene rings is 1. The molecule has 0 N–H and O–H groups in total. The Morgan fingerprint density at radius 2 is 2.04 bits per heavy atom. The van der Waals surface area contributed by atoms with Gasteiger partial charge in [0.05, 0.1) is 15.3 Å². The monoisotopic (exact) mass is 406 g/mol. The maximum Gasteiger partial charge on any atom is 0.338 e. The van der Waals surface area contributed by atoms with Crippen LogP contribution in [0.5, 0.6) is 0 Å². The van der Waals surface area contributed by atoms with E-state index in [1.807, 2.05) is 17.5 Å². The molecule has 0 aliphatic rings. The van der Waals surface area contributed by atoms with E-state index in [0.717, 1.165) is 9.18 Å². The first-order chi connectivity index (χ1) is 12.8. The van der Waals surface area contributed by atoms with Crippen molar-refractivity contribution in [2.24, 2.45) is 0 Å². The summed E-state index contributed by atoms with van der Waals surface area (Å²) in [5, 5.41) is 5.82. The highest BCUT2D eigenvalue weighted by Gasteiger charge is 2.21. The molecule has 1 aromatic carbocycles. The van der Waals surface area contributed by atoms with Crippen molar-refractivity contribution >= 4 is 27.3 Å². The van der Waals surface area contributed by atoms with Crippen LogP contribution in [-0.2, 0) is 21.4 Å². The molecule has 0 aliphatic carbocycles. The van der Waals surface area contributed by atoms with Gasteiger partial charge in [-0.1, -0.05) is 17.3 Å². The van der Waals surface area contributed by atoms with Gasteiger partial charge in [0.15, 0.2) is 5.76 Å². The Morgan fingerprint density at radius 1 is 1.26 bits per heavy atom. The number of aromatic nitrogens is 1. The predicted octanol–water partition coefficient (Wildman–Crippen LogP) is 3.32. The summed E-state index contributed by atoms with van der Waals surface area (Å²) in [4.78, 5) is 13.4. The number of rotatable bonds is 6. The number of carbonyl (C=O) groups excluding carboxylic acids is 1. The van der Waals surface area contributed by atoms with Gasteiger partial charge in [-0.25, -0.2) is 17.5 Å². The average Bonchev–Trinajstić information content (AvgIpc) is 3.31. The third kappa shape index (κ3) is 4.10. The zero-order valence-corrected chi connectivity index (χ0v) is 16.6. The second-order valence-electron chi connectivity index (χ2n) is 6.00. The quantitative estimate of drug-likeness (QED) is 0.584. The van der Waals surface area contributed by atoms with Gasteiger partial charge in [0.25, 0.3) is 0 Å². The number of hydrogen-bond acceptors (Lipinski definition) is 7. The highest BCUT2D eigenvalue weighted by Crippen LogP contribution is 2.25. The number of aryl methyl sites for hydroxylation is 1. The van der Waals surface area contributed by atoms with Crippen LogP contribution < -0.4 is 0 Å². The third-order valence-electron chi connectivity index (χ3n) is 3.88. The Bertz CT molecular complexity index is 1050. The van der Waals surface area contributed by atoms with Crippen molar-refractivity contribution in [2.45, 2.75) is 18.4 Å². The number of ether oxygens (including phenoxy) is 1. The first kappa shape index (κ1) is 19.3. The van der Waals surface area contributed by atoms with Gasteiger partial charge in [-0.15, -0.1) is 11.3 Å². The summed E-state index contributed by atoms with van der Waals surface area (Å²) < 4.78 is 36.2. The summed E-state index contributed by atoms with van der Waals surface area (Å²) >= 11 is 1.52. The summed E-state index contributed by atoms with van der Waals surface area (Å²) in [6.45, 7) is 1.64. The molecule has 7 nitrogen and oxygen atoms in total. The van der Waals surface area contributed by atoms with Gasteiger partial charge in [0.1, 0.15) is 12.3 Å². The molecule has 0 bridgehead atoms. The lowest BCUT2D eigenvalue weighted by molar-refractivity contribution is 0.0463. The average molecular weight is 406 g/mol. The number of hydrogen-bond donors (Lipinski definition) is 0. The molecule has 0 aliphatic heterocycles. The lowest BCUT2D eigenvalue weighted by Crippen LogP contribution is -2.22. The Kier molecular flexibility index (Phi) is 5.45. The molecule has 0 atom stereocenters. The van der Waals surface area contributed by atoms with Crippen molar-refractivity contribution in [3.8, 4) is 10.6 Å². The summed E-state index contributed by atoms with van der Waals surface area (Å²) in [5.74, 6) is -0.0183. The molecule has 0 saturated carbocycles. The van der Waals surface area contributed by atoms with Gasteiger partial charge >= 0.3 is 5.97 Å². The zero-order valence-electron chi connectivity index (χ0n) is 15.0. The number of thiophene rings is 1. The van der Waals surface area contributed by atoms with Crippen molar-refractivity contribution in [3.63, 3.8) is 0 Å². The van der Waals surface area contributed by atoms with Gasteiger partial charge in [-0.05, 0) is 36.1 Å². The molecule has 0 amide bonds. The van der Waals surface area contributed by atoms with E-state index in [4.69, 9.17) is 9.26 Å². The van der Waals surface area contributed by atoms with Crippen LogP contribution in [-0.4, -0.2) is 37.9 Å². The minimum absolute atomic E-state index is 0.0338. The van der Waals surface area contributed by atoms with Crippen LogP contribution in [0.1, 0.15) is 21.6 Å². The van der Waals surface area contributed by atoms with Crippen LogP contribution >= 0.6 is 11.3 Å². The molecule has 9 heteroatoms. The summed E-state index contributed by atoms with van der Waals surface area (Å²) in [6.07, 6.45) is 0. The molecule has 0 radical (unpaired) electrons. The van der Waals surface area contributed by atoms with Crippen LogP contribution in [0.2, 0.25) is 0 Å². The fourth-order valence-corrected chi connectivity index (χ4v) is 3.93. The fourth-order valence-electron chi connectivity index (χ4n) is 2.32. The van der Waals surface area contributed by atoms with Gasteiger partial charge in [-0.3, -0.25) is 0 Å². The summed E-state index contributed by atoms with van der Waals surface area (Å²) in [7, 11) is -0.772. The minimum atomic E-state index is -3.64. The zero-order chi connectivity index (χ0) is 19.6. The lowest BCUT2D eigenvalue weighted by atomic mass is 10.1. The third-order valence-corrected chi connectivity index (χ3v) is 6.58. The number of nitrogens with zero attached hydrogens (tertiary/aromatic N) is 2. The maximum absolute atomic E-state index is 12.4. The Labute approximate surface area is 161 Å². The van der Waals surface area contributed by atoms with E-state index in [2.05, 4.69) is 5.16 Å². The van der Waals surface area contributed by atoms with Crippen molar-refractivity contribution in [2.75, 3.05) is 14.1 Å². The van der Waals surface area contributed by atoms with Crippen molar-refractivity contribution in [1.29, 1.82) is 0 Å². The standard InChI is InChI=1S/C18H18N2O5S2/c1-12-6-7-14(27(22,23)20(2)3)10-15(12)18(21)24-11-13-9-16(25-19-13)17-5-4-8-26-17/h4-10H,11H2,1-3H3. The topological polar surface area (TPSA) is 89.7 Å². The van der Waals surface area contributed by atoms with E-state index in [1.54, 1.807) is 19.1 Å². The van der Waals surface area contributed by atoms with Gasteiger partial charge in [0, 0.05) is 20.2 Å². The van der Waals surface area contributed by atoms with Crippen molar-refractivity contribution < 1.29 is 22.5 Å². The molecule has 142 valence electrons. The SMILES string of the molecule is Cc1ccc(S(=O)(=O)N(C)C)cc1C(=O)OCc1cc(-c2cccs2)on1. The Balaban J connectivity index is 1.75. The smallest absolute Gasteiger partial charge is 0.338 e. The van der Waals surface area contributed by atoms with Gasteiger partial charge < -0.3 is 9.26 Å². The minimum Gasteiger partial charge on any atom is -0.455 e. The summed E-state index contributed by atoms with van der Waals surface area (Å²) in [6, 6.07) is 9.89. The Morgan fingerprint density at radius 3 is 2.70 bits per heavy atom. The highest BCUT2D eigenvalue weighted by molar-refractivity contribution is 7.89. The molecule has 0 unspecified atom stereocenters. The van der Waals surface area contributed by atoms with Crippen LogP contribution in [0.4, 0.5) is 0 Å². The van der Waals surface area contributed by atoms with Crippen LogP contribution in [0.3, 0.4) is 0 Å². The van der Waals surface area contributed by atoms with E-state index < -0.39 is 16.0 Å². The lowest BCUT2D eigenvalue weighted by Gasteiger charge is -2.13. The Hall–Kier alpha value is -2.49. The normalized spacial score (nSPS) is 11.7. The van der Waals surface area contributed by atoms with Crippen LogP contribution in [0.15, 0.2) is 51.2 Å². The summed E-state index contributed by atoms with van der Waals surface area (Å²) in [5.41, 5.74) is 1.29. The molecule has 3 aromatic rings. The first-order valence-electron chi connectivity index (χ1n) is 7.99. The second kappa shape index (κ2) is 7.63. The molecule has 0 saturated heterocycles. The fraction of sp³-hybridized carbons (Fsp3) is 0.222. The predicted molar refractivity (Wildman–Crippen MR) is 101 cm³/mol. The molecular weight excluding hydrogens is 388 g/mol. The van der Waals surface area contributed by atoms with Crippen LogP contribution in [0, 0.1) is 6.92 Å². The van der Waals surface area contributed by atoms with E-state index in [9.17, 15) is 13.2 Å². The van der Waals surface area contributed by atoms with Crippen LogP contribution in [0.25, 0.3) is 10.6 Å². The molecule has 2 aromatic heterocycles. The number of carbonyl (C=O) groups is 1. The molecule has 0 spiro atoms. The maximum atomic E-state index is 12.4. The molecule has 27 heavy (non-hydrogen) atoms. The largest absolute Gasteiger partial charge is 0.455 e. The van der Waals surface area contributed by atoms with E-state index in [1.165, 1.54) is 37.6 Å². The number of sulfonamides is 1. The highest BCUT2D eigenvalue weighted by atomic mass is 32.2. The molecular formula is C18H18N2O5S2. The van der Waals surface area contributed by atoms with Crippen molar-refractivity contribution in [3.05, 3.63) is 58.6 Å². The van der Waals surface area contributed by atoms with E-state index >= 15 is 0 Å². The van der Waals surface area contributed by atoms with E-state index in [0.29, 0.717) is 17.0 Å². The van der Waals surface area contributed by atoms with Gasteiger partial charge in [0.2, 0.25) is 10.0 Å². The van der Waals surface area contributed by atoms with Crippen molar-refractivity contribution in [1.82, 2.24) is 9.46 Å².